The number of nitriles is 1. The minimum absolute atomic E-state index is 0.0228. The number of hydrogen-bond acceptors (Lipinski definition) is 2. The number of allylic oxidation sites excluding steroid dienone is 4. The van der Waals surface area contributed by atoms with Crippen molar-refractivity contribution in [1.29, 1.82) is 5.26 Å². The van der Waals surface area contributed by atoms with Crippen molar-refractivity contribution in [1.82, 2.24) is 0 Å². The molecule has 0 aromatic heterocycles. The van der Waals surface area contributed by atoms with Crippen molar-refractivity contribution in [3.63, 3.8) is 0 Å². The molecule has 5 fully saturated rings. The lowest BCUT2D eigenvalue weighted by Gasteiger charge is -2.66. The quantitative estimate of drug-likeness (QED) is 0.355. The van der Waals surface area contributed by atoms with Gasteiger partial charge < -0.3 is 5.73 Å². The van der Waals surface area contributed by atoms with Gasteiger partial charge in [0.1, 0.15) is 0 Å². The zero-order chi connectivity index (χ0) is 28.7. The Labute approximate surface area is 243 Å². The van der Waals surface area contributed by atoms with E-state index >= 15 is 0 Å². The van der Waals surface area contributed by atoms with E-state index < -0.39 is 0 Å². The number of nitrogens with zero attached hydrogens (tertiary/aromatic N) is 1. The minimum Gasteiger partial charge on any atom is -0.324 e. The first-order chi connectivity index (χ1) is 18.8. The van der Waals surface area contributed by atoms with Crippen LogP contribution < -0.4 is 5.73 Å². The summed E-state index contributed by atoms with van der Waals surface area (Å²) in [4.78, 5) is 0. The molecule has 0 radical (unpaired) electrons. The fourth-order valence-corrected chi connectivity index (χ4v) is 10.6. The van der Waals surface area contributed by atoms with E-state index in [1.165, 1.54) is 103 Å². The average molecular weight is 537 g/mol. The van der Waals surface area contributed by atoms with Crippen LogP contribution >= 0.6 is 0 Å². The third-order valence-corrected chi connectivity index (χ3v) is 12.3. The monoisotopic (exact) mass is 537 g/mol. The van der Waals surface area contributed by atoms with Gasteiger partial charge in [0.05, 0.1) is 6.07 Å². The Bertz CT molecular complexity index is 884. The highest BCUT2D eigenvalue weighted by Crippen LogP contribution is 2.70. The van der Waals surface area contributed by atoms with Crippen LogP contribution in [0.2, 0.25) is 0 Å². The van der Waals surface area contributed by atoms with Gasteiger partial charge in [-0.3, -0.25) is 0 Å². The molecule has 0 bridgehead atoms. The van der Waals surface area contributed by atoms with Crippen molar-refractivity contribution in [3.05, 3.63) is 22.8 Å². The highest BCUT2D eigenvalue weighted by atomic mass is 14.9. The first kappa shape index (κ1) is 32.4. The van der Waals surface area contributed by atoms with Crippen LogP contribution in [-0.2, 0) is 0 Å². The normalized spacial score (nSPS) is 40.3. The summed E-state index contributed by atoms with van der Waals surface area (Å²) >= 11 is 0. The molecule has 0 aliphatic heterocycles. The van der Waals surface area contributed by atoms with E-state index in [2.05, 4.69) is 32.9 Å². The van der Waals surface area contributed by atoms with Crippen molar-refractivity contribution in [3.8, 4) is 6.07 Å². The van der Waals surface area contributed by atoms with Crippen molar-refractivity contribution in [2.75, 3.05) is 0 Å². The first-order valence-corrected chi connectivity index (χ1v) is 17.4. The molecule has 222 valence electrons. The lowest BCUT2D eigenvalue weighted by Crippen LogP contribution is -2.70. The van der Waals surface area contributed by atoms with Crippen molar-refractivity contribution in [2.45, 2.75) is 170 Å². The van der Waals surface area contributed by atoms with Crippen LogP contribution in [0.25, 0.3) is 0 Å². The summed E-state index contributed by atoms with van der Waals surface area (Å²) in [6.07, 6.45) is 25.6. The van der Waals surface area contributed by atoms with E-state index in [0.29, 0.717) is 35.0 Å². The standard InChI is InChI=1S/C33H52N2.2C2H6/c1-24-23-31(2)28(19-21-33(35)29(31)18-17-27-16-7-8-20-32(27,33)3)30(24)26(15-10-22-34)14-9-13-25-11-5-4-6-12-25;2*1-2/h13,24,27-29H,4-12,14-21,23,35H2,1-3H3;2*1-2H3/b30-26+;;. The largest absolute Gasteiger partial charge is 0.324 e. The molecule has 5 aliphatic carbocycles. The Morgan fingerprint density at radius 1 is 0.923 bits per heavy atom. The van der Waals surface area contributed by atoms with Crippen LogP contribution in [0.4, 0.5) is 0 Å². The predicted molar refractivity (Wildman–Crippen MR) is 169 cm³/mol. The van der Waals surface area contributed by atoms with Crippen LogP contribution in [-0.4, -0.2) is 5.54 Å². The number of fused-ring (bicyclic) bond motifs is 5. The van der Waals surface area contributed by atoms with Crippen molar-refractivity contribution in [2.24, 2.45) is 40.2 Å². The molecule has 39 heavy (non-hydrogen) atoms. The molecule has 2 nitrogen and oxygen atoms in total. The summed E-state index contributed by atoms with van der Waals surface area (Å²) in [6.45, 7) is 15.8. The highest BCUT2D eigenvalue weighted by molar-refractivity contribution is 5.32. The van der Waals surface area contributed by atoms with Gasteiger partial charge >= 0.3 is 0 Å². The van der Waals surface area contributed by atoms with E-state index in [-0.39, 0.29) is 5.54 Å². The molecule has 2 heteroatoms. The Morgan fingerprint density at radius 2 is 1.64 bits per heavy atom. The van der Waals surface area contributed by atoms with Gasteiger partial charge in [0.2, 0.25) is 0 Å². The van der Waals surface area contributed by atoms with Gasteiger partial charge in [-0.2, -0.15) is 5.26 Å². The zero-order valence-corrected chi connectivity index (χ0v) is 27.1. The third kappa shape index (κ3) is 6.10. The van der Waals surface area contributed by atoms with E-state index in [9.17, 15) is 5.26 Å². The lowest BCUT2D eigenvalue weighted by atomic mass is 9.40. The van der Waals surface area contributed by atoms with Gasteiger partial charge in [0.15, 0.2) is 0 Å². The maximum absolute atomic E-state index is 9.46. The number of hydrogen-bond donors (Lipinski definition) is 1. The Kier molecular flexibility index (Phi) is 11.8. The maximum atomic E-state index is 9.46. The smallest absolute Gasteiger partial charge is 0.0625 e. The van der Waals surface area contributed by atoms with E-state index in [1.807, 2.05) is 27.7 Å². The summed E-state index contributed by atoms with van der Waals surface area (Å²) in [5, 5.41) is 9.46. The van der Waals surface area contributed by atoms with Gasteiger partial charge in [0.25, 0.3) is 0 Å². The lowest BCUT2D eigenvalue weighted by molar-refractivity contribution is -0.132. The van der Waals surface area contributed by atoms with Crippen molar-refractivity contribution < 1.29 is 0 Å². The van der Waals surface area contributed by atoms with Gasteiger partial charge in [-0.1, -0.05) is 90.5 Å². The van der Waals surface area contributed by atoms with E-state index in [1.54, 1.807) is 16.7 Å². The topological polar surface area (TPSA) is 49.8 Å². The molecule has 2 N–H and O–H groups in total. The second-order valence-corrected chi connectivity index (χ2v) is 13.9. The molecule has 7 atom stereocenters. The molecule has 5 rings (SSSR count). The Morgan fingerprint density at radius 3 is 2.33 bits per heavy atom. The van der Waals surface area contributed by atoms with Crippen molar-refractivity contribution >= 4 is 0 Å². The van der Waals surface area contributed by atoms with Crippen LogP contribution in [0.15, 0.2) is 22.8 Å². The first-order valence-electron chi connectivity index (χ1n) is 17.4. The highest BCUT2D eigenvalue weighted by Gasteiger charge is 2.66. The molecule has 0 amide bonds. The van der Waals surface area contributed by atoms with Crippen LogP contribution in [0.3, 0.4) is 0 Å². The second kappa shape index (κ2) is 14.2. The number of rotatable bonds is 5. The SMILES string of the molecule is CC.CC.CC1CC2(C)C(CCC3(N)C2CCC2CCCCC23C)/C1=C(/CCC#N)CCC=C1CCCCC1. The molecular weight excluding hydrogens is 472 g/mol. The van der Waals surface area contributed by atoms with E-state index in [0.717, 1.165) is 12.3 Å². The van der Waals surface area contributed by atoms with Gasteiger partial charge in [-0.15, -0.1) is 0 Å². The summed E-state index contributed by atoms with van der Waals surface area (Å²) in [5.41, 5.74) is 13.5. The van der Waals surface area contributed by atoms with Crippen LogP contribution in [0.5, 0.6) is 0 Å². The Hall–Kier alpha value is -1.07. The summed E-state index contributed by atoms with van der Waals surface area (Å²) < 4.78 is 0. The minimum atomic E-state index is 0.0228. The summed E-state index contributed by atoms with van der Waals surface area (Å²) in [6, 6.07) is 2.48. The second-order valence-electron chi connectivity index (χ2n) is 13.9. The molecule has 0 aromatic carbocycles. The fraction of sp³-hybridized carbons (Fsp3) is 0.865. The average Bonchev–Trinajstić information content (AvgIpc) is 3.23. The number of nitrogens with two attached hydrogens (primary N) is 1. The van der Waals surface area contributed by atoms with Gasteiger partial charge in [-0.25, -0.2) is 0 Å². The molecule has 0 saturated heterocycles. The van der Waals surface area contributed by atoms with Crippen LogP contribution in [0, 0.1) is 45.8 Å². The van der Waals surface area contributed by atoms with Gasteiger partial charge in [-0.05, 0) is 124 Å². The zero-order valence-electron chi connectivity index (χ0n) is 27.1. The fourth-order valence-electron chi connectivity index (χ4n) is 10.6. The van der Waals surface area contributed by atoms with E-state index in [4.69, 9.17) is 5.73 Å². The molecule has 0 aromatic rings. The summed E-state index contributed by atoms with van der Waals surface area (Å²) in [7, 11) is 0. The molecule has 0 heterocycles. The van der Waals surface area contributed by atoms with Gasteiger partial charge in [0, 0.05) is 12.0 Å². The predicted octanol–water partition coefficient (Wildman–Crippen LogP) is 11.1. The molecule has 5 aliphatic rings. The molecule has 5 saturated carbocycles. The molecular formula is C37H64N2. The molecule has 7 unspecified atom stereocenters. The Balaban J connectivity index is 0.00000100. The molecule has 0 spiro atoms. The van der Waals surface area contributed by atoms with Crippen LogP contribution in [0.1, 0.15) is 164 Å². The summed E-state index contributed by atoms with van der Waals surface area (Å²) in [5.74, 6) is 2.86. The third-order valence-electron chi connectivity index (χ3n) is 12.3. The maximum Gasteiger partial charge on any atom is 0.0625 e.